The minimum atomic E-state index is -0.101. The van der Waals surface area contributed by atoms with Crippen LogP contribution in [0.5, 0.6) is 11.5 Å². The first-order valence-electron chi connectivity index (χ1n) is 3.95. The van der Waals surface area contributed by atoms with Crippen LogP contribution in [0.4, 0.5) is 0 Å². The molecule has 0 amide bonds. The highest BCUT2D eigenvalue weighted by molar-refractivity contribution is 5.79. The summed E-state index contributed by atoms with van der Waals surface area (Å²) in [6.07, 6.45) is 0.603. The first kappa shape index (κ1) is 10.5. The van der Waals surface area contributed by atoms with E-state index in [-0.39, 0.29) is 18.0 Å². The van der Waals surface area contributed by atoms with Crippen LogP contribution in [0.25, 0.3) is 0 Å². The molecule has 0 saturated heterocycles. The first-order valence-corrected chi connectivity index (χ1v) is 3.95. The summed E-state index contributed by atoms with van der Waals surface area (Å²) in [5.74, 6) is 0.164. The molecule has 0 aromatic heterocycles. The van der Waals surface area contributed by atoms with Gasteiger partial charge >= 0.3 is 0 Å². The topological polar surface area (TPSA) is 78.8 Å². The quantitative estimate of drug-likeness (QED) is 0.489. The summed E-state index contributed by atoms with van der Waals surface area (Å²) < 4.78 is 4.86. The van der Waals surface area contributed by atoms with Gasteiger partial charge < -0.3 is 15.1 Å². The molecule has 0 saturated carbocycles. The second-order valence-corrected chi connectivity index (χ2v) is 2.68. The van der Waals surface area contributed by atoms with E-state index in [0.29, 0.717) is 17.4 Å². The maximum absolute atomic E-state index is 10.6. The summed E-state index contributed by atoms with van der Waals surface area (Å²) in [5.41, 5.74) is 2.80. The standard InChI is InChI=1S/C9H11NO4/c1-14-9-3-6(4-10-13)7(5-11)2-8(9)12/h2-3,5,10,12-13H,4H2,1H3. The Labute approximate surface area is 80.9 Å². The molecule has 76 valence electrons. The molecule has 1 rings (SSSR count). The van der Waals surface area contributed by atoms with Gasteiger partial charge in [0.25, 0.3) is 0 Å². The average molecular weight is 197 g/mol. The van der Waals surface area contributed by atoms with Crippen LogP contribution in [-0.4, -0.2) is 23.7 Å². The predicted octanol–water partition coefficient (Wildman–Crippen LogP) is 0.692. The van der Waals surface area contributed by atoms with Crippen molar-refractivity contribution in [3.63, 3.8) is 0 Å². The molecule has 0 spiro atoms. The molecule has 0 heterocycles. The van der Waals surface area contributed by atoms with E-state index < -0.39 is 0 Å². The summed E-state index contributed by atoms with van der Waals surface area (Å²) in [4.78, 5) is 10.6. The molecule has 0 radical (unpaired) electrons. The molecular weight excluding hydrogens is 186 g/mol. The second-order valence-electron chi connectivity index (χ2n) is 2.68. The number of methoxy groups -OCH3 is 1. The number of hydrogen-bond acceptors (Lipinski definition) is 5. The normalized spacial score (nSPS) is 9.86. The van der Waals surface area contributed by atoms with Crippen LogP contribution >= 0.6 is 0 Å². The molecule has 1 aromatic carbocycles. The van der Waals surface area contributed by atoms with Crippen molar-refractivity contribution in [2.75, 3.05) is 7.11 Å². The maximum Gasteiger partial charge on any atom is 0.160 e. The summed E-state index contributed by atoms with van der Waals surface area (Å²) >= 11 is 0. The van der Waals surface area contributed by atoms with E-state index in [4.69, 9.17) is 9.94 Å². The number of hydrogen-bond donors (Lipinski definition) is 3. The summed E-state index contributed by atoms with van der Waals surface area (Å²) in [6.45, 7) is 0.116. The van der Waals surface area contributed by atoms with Gasteiger partial charge in [0.1, 0.15) is 0 Å². The molecule has 3 N–H and O–H groups in total. The monoisotopic (exact) mass is 197 g/mol. The minimum absolute atomic E-state index is 0.101. The van der Waals surface area contributed by atoms with Gasteiger partial charge in [-0.15, -0.1) is 0 Å². The summed E-state index contributed by atoms with van der Waals surface area (Å²) in [6, 6.07) is 2.78. The molecule has 0 fully saturated rings. The third kappa shape index (κ3) is 2.01. The van der Waals surface area contributed by atoms with Crippen molar-refractivity contribution in [1.29, 1.82) is 0 Å². The Morgan fingerprint density at radius 3 is 2.79 bits per heavy atom. The molecule has 0 atom stereocenters. The van der Waals surface area contributed by atoms with E-state index in [1.807, 2.05) is 5.48 Å². The highest BCUT2D eigenvalue weighted by atomic mass is 16.5. The third-order valence-corrected chi connectivity index (χ3v) is 1.84. The number of carbonyl (C=O) groups is 1. The number of nitrogens with one attached hydrogen (secondary N) is 1. The van der Waals surface area contributed by atoms with Crippen molar-refractivity contribution >= 4 is 6.29 Å². The zero-order chi connectivity index (χ0) is 10.6. The van der Waals surface area contributed by atoms with Gasteiger partial charge in [-0.25, -0.2) is 5.48 Å². The maximum atomic E-state index is 10.6. The van der Waals surface area contributed by atoms with Crippen LogP contribution in [-0.2, 0) is 6.54 Å². The zero-order valence-corrected chi connectivity index (χ0v) is 7.65. The lowest BCUT2D eigenvalue weighted by atomic mass is 10.1. The smallest absolute Gasteiger partial charge is 0.160 e. The van der Waals surface area contributed by atoms with Crippen molar-refractivity contribution in [2.24, 2.45) is 0 Å². The molecule has 14 heavy (non-hydrogen) atoms. The fourth-order valence-corrected chi connectivity index (χ4v) is 1.14. The number of aromatic hydroxyl groups is 1. The number of aldehydes is 1. The fraction of sp³-hybridized carbons (Fsp3) is 0.222. The van der Waals surface area contributed by atoms with E-state index in [0.717, 1.165) is 0 Å². The molecule has 1 aromatic rings. The van der Waals surface area contributed by atoms with Crippen molar-refractivity contribution in [3.05, 3.63) is 23.3 Å². The van der Waals surface area contributed by atoms with E-state index in [1.165, 1.54) is 19.2 Å². The highest BCUT2D eigenvalue weighted by Gasteiger charge is 2.08. The number of phenols is 1. The first-order chi connectivity index (χ1) is 6.72. The molecular formula is C9H11NO4. The molecule has 0 aliphatic heterocycles. The van der Waals surface area contributed by atoms with Gasteiger partial charge in [0, 0.05) is 12.1 Å². The molecule has 0 unspecified atom stereocenters. The van der Waals surface area contributed by atoms with Crippen molar-refractivity contribution in [2.45, 2.75) is 6.54 Å². The lowest BCUT2D eigenvalue weighted by Crippen LogP contribution is -2.08. The van der Waals surface area contributed by atoms with Crippen LogP contribution < -0.4 is 10.2 Å². The molecule has 5 heteroatoms. The van der Waals surface area contributed by atoms with Gasteiger partial charge in [-0.05, 0) is 17.7 Å². The minimum Gasteiger partial charge on any atom is -0.504 e. The molecule has 5 nitrogen and oxygen atoms in total. The zero-order valence-electron chi connectivity index (χ0n) is 7.65. The Morgan fingerprint density at radius 1 is 1.57 bits per heavy atom. The van der Waals surface area contributed by atoms with E-state index in [9.17, 15) is 9.90 Å². The summed E-state index contributed by atoms with van der Waals surface area (Å²) in [7, 11) is 1.41. The fourth-order valence-electron chi connectivity index (χ4n) is 1.14. The van der Waals surface area contributed by atoms with Crippen LogP contribution in [0.2, 0.25) is 0 Å². The van der Waals surface area contributed by atoms with E-state index in [1.54, 1.807) is 0 Å². The second kappa shape index (κ2) is 4.59. The SMILES string of the molecule is COc1cc(CNO)c(C=O)cc1O. The van der Waals surface area contributed by atoms with Crippen molar-refractivity contribution < 1.29 is 19.8 Å². The Morgan fingerprint density at radius 2 is 2.29 bits per heavy atom. The lowest BCUT2D eigenvalue weighted by Gasteiger charge is -2.08. The van der Waals surface area contributed by atoms with E-state index in [2.05, 4.69) is 0 Å². The summed E-state index contributed by atoms with van der Waals surface area (Å²) in [5, 5.41) is 17.9. The van der Waals surface area contributed by atoms with Gasteiger partial charge in [-0.3, -0.25) is 4.79 Å². The molecule has 0 aliphatic carbocycles. The third-order valence-electron chi connectivity index (χ3n) is 1.84. The van der Waals surface area contributed by atoms with Crippen LogP contribution in [0.3, 0.4) is 0 Å². The van der Waals surface area contributed by atoms with Crippen LogP contribution in [0.1, 0.15) is 15.9 Å². The molecule has 0 aliphatic rings. The van der Waals surface area contributed by atoms with Crippen molar-refractivity contribution in [3.8, 4) is 11.5 Å². The van der Waals surface area contributed by atoms with Crippen LogP contribution in [0.15, 0.2) is 12.1 Å². The predicted molar refractivity (Wildman–Crippen MR) is 48.7 cm³/mol. The molecule has 0 bridgehead atoms. The van der Waals surface area contributed by atoms with Gasteiger partial charge in [0.2, 0.25) is 0 Å². The van der Waals surface area contributed by atoms with Crippen LogP contribution in [0, 0.1) is 0 Å². The number of hydroxylamine groups is 1. The number of carbonyl (C=O) groups excluding carboxylic acids is 1. The number of ether oxygens (including phenoxy) is 1. The Balaban J connectivity index is 3.17. The van der Waals surface area contributed by atoms with Gasteiger partial charge in [0.05, 0.1) is 7.11 Å². The van der Waals surface area contributed by atoms with E-state index >= 15 is 0 Å². The van der Waals surface area contributed by atoms with Crippen molar-refractivity contribution in [1.82, 2.24) is 5.48 Å². The Bertz CT molecular complexity index is 338. The number of rotatable bonds is 4. The average Bonchev–Trinajstić information content (AvgIpc) is 2.20. The van der Waals surface area contributed by atoms with Gasteiger partial charge in [-0.1, -0.05) is 0 Å². The Hall–Kier alpha value is -1.59. The van der Waals surface area contributed by atoms with Gasteiger partial charge in [-0.2, -0.15) is 0 Å². The largest absolute Gasteiger partial charge is 0.504 e. The number of benzene rings is 1. The Kier molecular flexibility index (Phi) is 3.44. The number of phenolic OH excluding ortho intramolecular Hbond substituents is 1. The van der Waals surface area contributed by atoms with Gasteiger partial charge in [0.15, 0.2) is 17.8 Å². The lowest BCUT2D eigenvalue weighted by molar-refractivity contribution is 0.112. The highest BCUT2D eigenvalue weighted by Crippen LogP contribution is 2.28.